The Morgan fingerprint density at radius 1 is 1.36 bits per heavy atom. The van der Waals surface area contributed by atoms with Gasteiger partial charge in [0.15, 0.2) is 0 Å². The molecule has 2 radical (unpaired) electrons. The van der Waals surface area contributed by atoms with Crippen LogP contribution in [0.1, 0.15) is 19.3 Å². The molecule has 0 atom stereocenters. The fourth-order valence-electron chi connectivity index (χ4n) is 1.64. The van der Waals surface area contributed by atoms with E-state index in [1.807, 2.05) is 0 Å². The molecule has 1 rings (SSSR count). The van der Waals surface area contributed by atoms with Crippen LogP contribution < -0.4 is 0 Å². The van der Waals surface area contributed by atoms with Crippen LogP contribution in [0.2, 0.25) is 0 Å². The van der Waals surface area contributed by atoms with Crippen molar-refractivity contribution in [3.05, 3.63) is 6.92 Å². The summed E-state index contributed by atoms with van der Waals surface area (Å²) in [6.07, 6.45) is 3.38. The van der Waals surface area contributed by atoms with Crippen molar-refractivity contribution in [1.29, 1.82) is 0 Å². The molecule has 1 aliphatic rings. The van der Waals surface area contributed by atoms with Crippen molar-refractivity contribution in [3.63, 3.8) is 0 Å². The molecule has 0 aromatic rings. The van der Waals surface area contributed by atoms with E-state index in [1.165, 1.54) is 12.8 Å². The molecule has 0 spiro atoms. The van der Waals surface area contributed by atoms with E-state index >= 15 is 0 Å². The Morgan fingerprint density at radius 2 is 2.00 bits per heavy atom. The number of aliphatic hydroxyl groups is 1. The average Bonchev–Trinajstić information content (AvgIpc) is 2.07. The fourth-order valence-corrected chi connectivity index (χ4v) is 1.64. The van der Waals surface area contributed by atoms with Crippen molar-refractivity contribution in [2.45, 2.75) is 19.3 Å². The molecule has 2 nitrogen and oxygen atoms in total. The molecule has 1 fully saturated rings. The van der Waals surface area contributed by atoms with E-state index in [4.69, 9.17) is 12.0 Å². The number of likely N-dealkylation sites (tertiary alicyclic amines) is 1. The molecular weight excluding hydrogens is 138 g/mol. The van der Waals surface area contributed by atoms with Crippen LogP contribution in [-0.4, -0.2) is 36.2 Å². The molecule has 1 aliphatic heterocycles. The minimum absolute atomic E-state index is 0.341. The molecule has 1 saturated heterocycles. The molecular formula is C9H17NO. The van der Waals surface area contributed by atoms with Gasteiger partial charge in [-0.05, 0) is 45.2 Å². The average molecular weight is 155 g/mol. The topological polar surface area (TPSA) is 23.5 Å². The summed E-state index contributed by atoms with van der Waals surface area (Å²) >= 11 is 0. The number of piperidine rings is 1. The predicted molar refractivity (Wildman–Crippen MR) is 45.2 cm³/mol. The highest BCUT2D eigenvalue weighted by atomic mass is 16.3. The molecule has 11 heavy (non-hydrogen) atoms. The second-order valence-electron chi connectivity index (χ2n) is 3.26. The SMILES string of the molecule is [CH]CN1CCC(CCO)CC1. The van der Waals surface area contributed by atoms with Crippen LogP contribution in [0.25, 0.3) is 0 Å². The lowest BCUT2D eigenvalue weighted by Gasteiger charge is -2.30. The maximum Gasteiger partial charge on any atom is 0.0433 e. The first-order chi connectivity index (χ1) is 5.36. The lowest BCUT2D eigenvalue weighted by Crippen LogP contribution is -2.33. The number of nitrogens with zero attached hydrogens (tertiary/aromatic N) is 1. The van der Waals surface area contributed by atoms with Gasteiger partial charge in [-0.2, -0.15) is 0 Å². The van der Waals surface area contributed by atoms with Crippen molar-refractivity contribution >= 4 is 0 Å². The maximum atomic E-state index is 8.70. The van der Waals surface area contributed by atoms with Gasteiger partial charge in [-0.25, -0.2) is 0 Å². The van der Waals surface area contributed by atoms with E-state index in [9.17, 15) is 0 Å². The summed E-state index contributed by atoms with van der Waals surface area (Å²) in [4.78, 5) is 2.26. The van der Waals surface area contributed by atoms with Crippen LogP contribution in [0.3, 0.4) is 0 Å². The van der Waals surface area contributed by atoms with Crippen molar-refractivity contribution < 1.29 is 5.11 Å². The van der Waals surface area contributed by atoms with Gasteiger partial charge < -0.3 is 10.0 Å². The highest BCUT2D eigenvalue weighted by Gasteiger charge is 2.16. The highest BCUT2D eigenvalue weighted by Crippen LogP contribution is 2.19. The summed E-state index contributed by atoms with van der Waals surface area (Å²) < 4.78 is 0. The number of hydrogen-bond donors (Lipinski definition) is 1. The van der Waals surface area contributed by atoms with E-state index in [2.05, 4.69) is 4.90 Å². The zero-order valence-corrected chi connectivity index (χ0v) is 7.00. The van der Waals surface area contributed by atoms with Crippen molar-refractivity contribution in [3.8, 4) is 0 Å². The van der Waals surface area contributed by atoms with Crippen LogP contribution in [0.5, 0.6) is 0 Å². The van der Waals surface area contributed by atoms with Gasteiger partial charge in [0.1, 0.15) is 0 Å². The smallest absolute Gasteiger partial charge is 0.0433 e. The summed E-state index contributed by atoms with van der Waals surface area (Å²) in [6, 6.07) is 0. The molecule has 0 amide bonds. The normalized spacial score (nSPS) is 22.4. The Balaban J connectivity index is 2.14. The highest BCUT2D eigenvalue weighted by molar-refractivity contribution is 4.72. The van der Waals surface area contributed by atoms with Gasteiger partial charge in [0.2, 0.25) is 0 Å². The van der Waals surface area contributed by atoms with Crippen LogP contribution >= 0.6 is 0 Å². The molecule has 1 N–H and O–H groups in total. The summed E-state index contributed by atoms with van der Waals surface area (Å²) in [7, 11) is 0. The van der Waals surface area contributed by atoms with Crippen molar-refractivity contribution in [2.75, 3.05) is 26.2 Å². The van der Waals surface area contributed by atoms with E-state index in [0.29, 0.717) is 13.2 Å². The Labute approximate surface area is 69.2 Å². The molecule has 0 aliphatic carbocycles. The first-order valence-electron chi connectivity index (χ1n) is 4.40. The van der Waals surface area contributed by atoms with Gasteiger partial charge in [0.05, 0.1) is 0 Å². The first kappa shape index (κ1) is 9.01. The third kappa shape index (κ3) is 2.80. The maximum absolute atomic E-state index is 8.70. The van der Waals surface area contributed by atoms with Crippen LogP contribution in [0.15, 0.2) is 0 Å². The largest absolute Gasteiger partial charge is 0.396 e. The van der Waals surface area contributed by atoms with Crippen LogP contribution in [0, 0.1) is 12.8 Å². The van der Waals surface area contributed by atoms with E-state index in [0.717, 1.165) is 25.4 Å². The number of rotatable bonds is 3. The Kier molecular flexibility index (Phi) is 3.87. The van der Waals surface area contributed by atoms with E-state index < -0.39 is 0 Å². The quantitative estimate of drug-likeness (QED) is 0.651. The Hall–Kier alpha value is -0.0800. The molecule has 0 unspecified atom stereocenters. The lowest BCUT2D eigenvalue weighted by atomic mass is 9.94. The molecule has 0 saturated carbocycles. The van der Waals surface area contributed by atoms with Gasteiger partial charge in [-0.3, -0.25) is 0 Å². The summed E-state index contributed by atoms with van der Waals surface area (Å²) in [5, 5.41) is 8.70. The van der Waals surface area contributed by atoms with Gasteiger partial charge >= 0.3 is 0 Å². The summed E-state index contributed by atoms with van der Waals surface area (Å²) in [5.74, 6) is 0.739. The van der Waals surface area contributed by atoms with Gasteiger partial charge in [-0.15, -0.1) is 0 Å². The Bertz CT molecular complexity index is 97.7. The van der Waals surface area contributed by atoms with Gasteiger partial charge in [0, 0.05) is 13.2 Å². The molecule has 0 bridgehead atoms. The standard InChI is InChI=1S/C9H17NO/c1-2-10-6-3-9(4-7-10)5-8-11/h1,9,11H,2-8H2. The van der Waals surface area contributed by atoms with E-state index in [-0.39, 0.29) is 0 Å². The van der Waals surface area contributed by atoms with Crippen LogP contribution in [-0.2, 0) is 0 Å². The van der Waals surface area contributed by atoms with Gasteiger partial charge in [0.25, 0.3) is 0 Å². The number of hydrogen-bond acceptors (Lipinski definition) is 2. The monoisotopic (exact) mass is 155 g/mol. The molecule has 64 valence electrons. The van der Waals surface area contributed by atoms with Crippen molar-refractivity contribution in [1.82, 2.24) is 4.90 Å². The lowest BCUT2D eigenvalue weighted by molar-refractivity contribution is 0.169. The third-order valence-corrected chi connectivity index (χ3v) is 2.50. The molecule has 2 heteroatoms. The molecule has 0 aromatic heterocycles. The van der Waals surface area contributed by atoms with E-state index in [1.54, 1.807) is 0 Å². The van der Waals surface area contributed by atoms with Crippen LogP contribution in [0.4, 0.5) is 0 Å². The third-order valence-electron chi connectivity index (χ3n) is 2.50. The Morgan fingerprint density at radius 3 is 2.45 bits per heavy atom. The summed E-state index contributed by atoms with van der Waals surface area (Å²) in [6.45, 7) is 8.75. The first-order valence-corrected chi connectivity index (χ1v) is 4.40. The second kappa shape index (κ2) is 4.73. The fraction of sp³-hybridized carbons (Fsp3) is 0.889. The molecule has 0 aromatic carbocycles. The van der Waals surface area contributed by atoms with Crippen molar-refractivity contribution in [2.24, 2.45) is 5.92 Å². The minimum Gasteiger partial charge on any atom is -0.396 e. The zero-order chi connectivity index (χ0) is 8.10. The zero-order valence-electron chi connectivity index (χ0n) is 7.00. The second-order valence-corrected chi connectivity index (χ2v) is 3.26. The van der Waals surface area contributed by atoms with Gasteiger partial charge in [-0.1, -0.05) is 0 Å². The minimum atomic E-state index is 0.341. The summed E-state index contributed by atoms with van der Waals surface area (Å²) in [5.41, 5.74) is 0. The number of aliphatic hydroxyl groups excluding tert-OH is 1. The molecule has 1 heterocycles. The predicted octanol–water partition coefficient (Wildman–Crippen LogP) is 0.792.